The van der Waals surface area contributed by atoms with Gasteiger partial charge in [0.15, 0.2) is 0 Å². The lowest BCUT2D eigenvalue weighted by Crippen LogP contribution is -2.25. The van der Waals surface area contributed by atoms with Gasteiger partial charge in [-0.25, -0.2) is 17.9 Å². The number of nitrogens with one attached hydrogen (secondary N) is 1. The molecule has 0 saturated heterocycles. The zero-order valence-corrected chi connectivity index (χ0v) is 11.0. The van der Waals surface area contributed by atoms with Crippen LogP contribution < -0.4 is 4.72 Å². The van der Waals surface area contributed by atoms with Gasteiger partial charge in [0, 0.05) is 6.54 Å². The zero-order valence-electron chi connectivity index (χ0n) is 10.2. The van der Waals surface area contributed by atoms with Crippen molar-refractivity contribution in [2.75, 3.05) is 6.54 Å². The van der Waals surface area contributed by atoms with Crippen LogP contribution in [0.5, 0.6) is 0 Å². The normalized spacial score (nSPS) is 11.2. The number of sulfonamides is 1. The predicted octanol–water partition coefficient (Wildman–Crippen LogP) is 1.47. The maximum Gasteiger partial charge on any atom is 0.335 e. The van der Waals surface area contributed by atoms with E-state index in [0.29, 0.717) is 11.1 Å². The van der Waals surface area contributed by atoms with E-state index in [1.54, 1.807) is 13.8 Å². The maximum absolute atomic E-state index is 12.0. The number of benzene rings is 1. The van der Waals surface area contributed by atoms with Crippen molar-refractivity contribution in [1.29, 1.82) is 0 Å². The van der Waals surface area contributed by atoms with Crippen molar-refractivity contribution in [2.24, 2.45) is 0 Å². The summed E-state index contributed by atoms with van der Waals surface area (Å²) in [6.45, 7) is 6.83. The van der Waals surface area contributed by atoms with Crippen LogP contribution in [0.3, 0.4) is 0 Å². The summed E-state index contributed by atoms with van der Waals surface area (Å²) < 4.78 is 26.3. The van der Waals surface area contributed by atoms with Gasteiger partial charge in [-0.15, -0.1) is 6.58 Å². The number of aromatic carboxylic acids is 1. The lowest BCUT2D eigenvalue weighted by molar-refractivity contribution is 0.0696. The van der Waals surface area contributed by atoms with Crippen molar-refractivity contribution in [1.82, 2.24) is 4.72 Å². The maximum atomic E-state index is 12.0. The minimum Gasteiger partial charge on any atom is -0.478 e. The van der Waals surface area contributed by atoms with Gasteiger partial charge in [-0.05, 0) is 37.1 Å². The van der Waals surface area contributed by atoms with Gasteiger partial charge in [-0.2, -0.15) is 0 Å². The molecule has 0 aromatic heterocycles. The van der Waals surface area contributed by atoms with Crippen LogP contribution in [0.15, 0.2) is 29.7 Å². The summed E-state index contributed by atoms with van der Waals surface area (Å²) in [7, 11) is -3.72. The molecule has 0 fully saturated rings. The van der Waals surface area contributed by atoms with Crippen LogP contribution in [-0.2, 0) is 10.0 Å². The first-order valence-electron chi connectivity index (χ1n) is 5.24. The lowest BCUT2D eigenvalue weighted by atomic mass is 10.1. The Bertz CT molecular complexity index is 590. The second-order valence-electron chi connectivity index (χ2n) is 3.86. The Labute approximate surface area is 106 Å². The highest BCUT2D eigenvalue weighted by atomic mass is 32.2. The summed E-state index contributed by atoms with van der Waals surface area (Å²) in [5, 5.41) is 8.93. The molecular formula is C12H15NO4S. The molecular weight excluding hydrogens is 254 g/mol. The van der Waals surface area contributed by atoms with Gasteiger partial charge in [0.05, 0.1) is 10.5 Å². The van der Waals surface area contributed by atoms with Gasteiger partial charge >= 0.3 is 5.97 Å². The van der Waals surface area contributed by atoms with E-state index in [1.807, 2.05) is 0 Å². The Morgan fingerprint density at radius 1 is 1.44 bits per heavy atom. The van der Waals surface area contributed by atoms with Crippen LogP contribution in [0.1, 0.15) is 21.5 Å². The van der Waals surface area contributed by atoms with E-state index in [2.05, 4.69) is 11.3 Å². The van der Waals surface area contributed by atoms with E-state index in [-0.39, 0.29) is 17.0 Å². The van der Waals surface area contributed by atoms with E-state index in [9.17, 15) is 13.2 Å². The van der Waals surface area contributed by atoms with Gasteiger partial charge in [-0.1, -0.05) is 6.08 Å². The topological polar surface area (TPSA) is 83.5 Å². The SMILES string of the molecule is C=CCNS(=O)(=O)c1cc(C(=O)O)cc(C)c1C. The van der Waals surface area contributed by atoms with Crippen molar-refractivity contribution in [2.45, 2.75) is 18.7 Å². The molecule has 0 aliphatic heterocycles. The molecule has 0 saturated carbocycles. The molecule has 98 valence electrons. The van der Waals surface area contributed by atoms with Crippen molar-refractivity contribution in [3.63, 3.8) is 0 Å². The second kappa shape index (κ2) is 5.32. The molecule has 0 atom stereocenters. The monoisotopic (exact) mass is 269 g/mol. The summed E-state index contributed by atoms with van der Waals surface area (Å²) in [6.07, 6.45) is 1.42. The fraction of sp³-hybridized carbons (Fsp3) is 0.250. The quantitative estimate of drug-likeness (QED) is 0.793. The molecule has 0 aliphatic carbocycles. The second-order valence-corrected chi connectivity index (χ2v) is 5.60. The molecule has 0 unspecified atom stereocenters. The largest absolute Gasteiger partial charge is 0.478 e. The number of hydrogen-bond donors (Lipinski definition) is 2. The number of hydrogen-bond acceptors (Lipinski definition) is 3. The van der Waals surface area contributed by atoms with Gasteiger partial charge < -0.3 is 5.11 Å². The molecule has 5 nitrogen and oxygen atoms in total. The summed E-state index contributed by atoms with van der Waals surface area (Å²) in [5.41, 5.74) is 1.11. The van der Waals surface area contributed by atoms with E-state index >= 15 is 0 Å². The number of aryl methyl sites for hydroxylation is 1. The third kappa shape index (κ3) is 2.96. The average molecular weight is 269 g/mol. The first kappa shape index (κ1) is 14.4. The zero-order chi connectivity index (χ0) is 13.9. The number of carbonyl (C=O) groups is 1. The molecule has 1 rings (SSSR count). The average Bonchev–Trinajstić information content (AvgIpc) is 2.29. The molecule has 0 heterocycles. The van der Waals surface area contributed by atoms with E-state index in [4.69, 9.17) is 5.11 Å². The van der Waals surface area contributed by atoms with Crippen LogP contribution in [0.2, 0.25) is 0 Å². The van der Waals surface area contributed by atoms with Crippen LogP contribution >= 0.6 is 0 Å². The Kier molecular flexibility index (Phi) is 4.26. The summed E-state index contributed by atoms with van der Waals surface area (Å²) >= 11 is 0. The highest BCUT2D eigenvalue weighted by Crippen LogP contribution is 2.21. The van der Waals surface area contributed by atoms with Crippen molar-refractivity contribution in [3.05, 3.63) is 41.5 Å². The first-order chi connectivity index (χ1) is 8.29. The van der Waals surface area contributed by atoms with E-state index < -0.39 is 16.0 Å². The van der Waals surface area contributed by atoms with Gasteiger partial charge in [0.2, 0.25) is 10.0 Å². The molecule has 18 heavy (non-hydrogen) atoms. The van der Waals surface area contributed by atoms with Gasteiger partial charge in [0.1, 0.15) is 0 Å². The lowest BCUT2D eigenvalue weighted by Gasteiger charge is -2.11. The smallest absolute Gasteiger partial charge is 0.335 e. The minimum atomic E-state index is -3.72. The summed E-state index contributed by atoms with van der Waals surface area (Å²) in [4.78, 5) is 10.9. The van der Waals surface area contributed by atoms with E-state index in [0.717, 1.165) is 6.07 Å². The summed E-state index contributed by atoms with van der Waals surface area (Å²) in [6, 6.07) is 2.61. The molecule has 2 N–H and O–H groups in total. The van der Waals surface area contributed by atoms with E-state index in [1.165, 1.54) is 12.1 Å². The fourth-order valence-electron chi connectivity index (χ4n) is 1.48. The summed E-state index contributed by atoms with van der Waals surface area (Å²) in [5.74, 6) is -1.15. The van der Waals surface area contributed by atoms with Crippen LogP contribution in [0.25, 0.3) is 0 Å². The molecule has 0 amide bonds. The Morgan fingerprint density at radius 3 is 2.56 bits per heavy atom. The number of rotatable bonds is 5. The molecule has 0 bridgehead atoms. The fourth-order valence-corrected chi connectivity index (χ4v) is 2.81. The van der Waals surface area contributed by atoms with Crippen LogP contribution in [0, 0.1) is 13.8 Å². The number of carboxylic acids is 1. The van der Waals surface area contributed by atoms with Crippen molar-refractivity contribution < 1.29 is 18.3 Å². The highest BCUT2D eigenvalue weighted by Gasteiger charge is 2.19. The molecule has 0 spiro atoms. The Hall–Kier alpha value is -1.66. The van der Waals surface area contributed by atoms with Gasteiger partial charge in [-0.3, -0.25) is 0 Å². The van der Waals surface area contributed by atoms with Crippen LogP contribution in [-0.4, -0.2) is 26.0 Å². The highest BCUT2D eigenvalue weighted by molar-refractivity contribution is 7.89. The van der Waals surface area contributed by atoms with Gasteiger partial charge in [0.25, 0.3) is 0 Å². The third-order valence-corrected chi connectivity index (χ3v) is 4.12. The minimum absolute atomic E-state index is 0.0123. The number of carboxylic acid groups (broad SMARTS) is 1. The Morgan fingerprint density at radius 2 is 2.06 bits per heavy atom. The molecule has 1 aromatic rings. The first-order valence-corrected chi connectivity index (χ1v) is 6.73. The molecule has 1 aromatic carbocycles. The third-order valence-electron chi connectivity index (χ3n) is 2.57. The Balaban J connectivity index is 3.39. The molecule has 0 aliphatic rings. The van der Waals surface area contributed by atoms with Crippen molar-refractivity contribution in [3.8, 4) is 0 Å². The molecule has 0 radical (unpaired) electrons. The van der Waals surface area contributed by atoms with Crippen molar-refractivity contribution >= 4 is 16.0 Å². The predicted molar refractivity (Wildman–Crippen MR) is 68.3 cm³/mol. The standard InChI is InChI=1S/C12H15NO4S/c1-4-5-13-18(16,17)11-7-10(12(14)15)6-8(2)9(11)3/h4,6-7,13H,1,5H2,2-3H3,(H,14,15). The van der Waals surface area contributed by atoms with Crippen LogP contribution in [0.4, 0.5) is 0 Å². The molecule has 6 heteroatoms.